The summed E-state index contributed by atoms with van der Waals surface area (Å²) < 4.78 is 2.28. The van der Waals surface area contributed by atoms with Crippen molar-refractivity contribution < 1.29 is 0 Å². The van der Waals surface area contributed by atoms with Gasteiger partial charge in [-0.15, -0.1) is 10.2 Å². The molecule has 1 saturated carbocycles. The van der Waals surface area contributed by atoms with Crippen molar-refractivity contribution in [2.75, 3.05) is 20.1 Å². The molecule has 4 rings (SSSR count). The lowest BCUT2D eigenvalue weighted by molar-refractivity contribution is 0.151. The number of nitrogens with one attached hydrogen (secondary N) is 1. The fourth-order valence-corrected chi connectivity index (χ4v) is 4.19. The van der Waals surface area contributed by atoms with Crippen LogP contribution in [0.1, 0.15) is 50.2 Å². The van der Waals surface area contributed by atoms with Crippen molar-refractivity contribution in [3.63, 3.8) is 0 Å². The molecule has 0 amide bonds. The molecule has 0 radical (unpaired) electrons. The number of fused-ring (bicyclic) bond motifs is 1. The zero-order chi connectivity index (χ0) is 15.0. The van der Waals surface area contributed by atoms with Gasteiger partial charge >= 0.3 is 0 Å². The van der Waals surface area contributed by atoms with Crippen molar-refractivity contribution in [3.05, 3.63) is 11.6 Å². The Hall–Kier alpha value is -1.59. The minimum atomic E-state index is 0.603. The number of nitrogens with zero attached hydrogens (tertiary/aromatic N) is 5. The average Bonchev–Trinajstić information content (AvgIpc) is 3.13. The van der Waals surface area contributed by atoms with E-state index in [-0.39, 0.29) is 0 Å². The van der Waals surface area contributed by atoms with Crippen LogP contribution in [0.15, 0.2) is 4.99 Å². The second-order valence-corrected chi connectivity index (χ2v) is 7.07. The van der Waals surface area contributed by atoms with E-state index in [1.54, 1.807) is 0 Å². The molecule has 0 aromatic carbocycles. The summed E-state index contributed by atoms with van der Waals surface area (Å²) >= 11 is 0. The van der Waals surface area contributed by atoms with Gasteiger partial charge in [-0.2, -0.15) is 0 Å². The van der Waals surface area contributed by atoms with Gasteiger partial charge in [0.1, 0.15) is 5.82 Å². The lowest BCUT2D eigenvalue weighted by Gasteiger charge is -2.38. The van der Waals surface area contributed by atoms with Crippen molar-refractivity contribution >= 4 is 5.96 Å². The number of aromatic nitrogens is 3. The highest BCUT2D eigenvalue weighted by Gasteiger charge is 2.43. The summed E-state index contributed by atoms with van der Waals surface area (Å²) in [7, 11) is 1.88. The van der Waals surface area contributed by atoms with E-state index in [9.17, 15) is 0 Å². The third kappa shape index (κ3) is 2.38. The predicted molar refractivity (Wildman–Crippen MR) is 85.6 cm³/mol. The van der Waals surface area contributed by atoms with Gasteiger partial charge in [-0.3, -0.25) is 4.99 Å². The standard InChI is InChI=1S/C16H26N6/c1-17-15(21-10-8-16(12-21)6-4-7-16)18-11-14-20-19-13-5-2-3-9-22(13)14/h2-12H2,1H3,(H,17,18). The van der Waals surface area contributed by atoms with E-state index in [1.807, 2.05) is 7.05 Å². The third-order valence-electron chi connectivity index (χ3n) is 5.70. The smallest absolute Gasteiger partial charge is 0.194 e. The molecule has 22 heavy (non-hydrogen) atoms. The summed E-state index contributed by atoms with van der Waals surface area (Å²) in [5, 5.41) is 12.2. The van der Waals surface area contributed by atoms with Crippen LogP contribution in [0, 0.1) is 5.41 Å². The van der Waals surface area contributed by atoms with E-state index in [0.29, 0.717) is 5.41 Å². The van der Waals surface area contributed by atoms with Crippen LogP contribution in [0.5, 0.6) is 0 Å². The van der Waals surface area contributed by atoms with E-state index in [1.165, 1.54) is 45.1 Å². The van der Waals surface area contributed by atoms with Gasteiger partial charge in [0, 0.05) is 33.1 Å². The van der Waals surface area contributed by atoms with Crippen molar-refractivity contribution in [1.82, 2.24) is 25.0 Å². The lowest BCUT2D eigenvalue weighted by Crippen LogP contribution is -2.42. The largest absolute Gasteiger partial charge is 0.349 e. The minimum Gasteiger partial charge on any atom is -0.349 e. The Bertz CT molecular complexity index is 571. The number of likely N-dealkylation sites (tertiary alicyclic amines) is 1. The van der Waals surface area contributed by atoms with Crippen LogP contribution in [-0.4, -0.2) is 45.8 Å². The van der Waals surface area contributed by atoms with Crippen LogP contribution in [0.4, 0.5) is 0 Å². The molecule has 6 nitrogen and oxygen atoms in total. The average molecular weight is 302 g/mol. The molecule has 1 aliphatic carbocycles. The number of guanidine groups is 1. The Balaban J connectivity index is 1.39. The molecule has 120 valence electrons. The molecule has 2 fully saturated rings. The second-order valence-electron chi connectivity index (χ2n) is 7.07. The zero-order valence-corrected chi connectivity index (χ0v) is 13.5. The molecule has 1 aromatic heterocycles. The van der Waals surface area contributed by atoms with Crippen LogP contribution >= 0.6 is 0 Å². The summed E-state index contributed by atoms with van der Waals surface area (Å²) in [6, 6.07) is 0. The molecule has 0 atom stereocenters. The van der Waals surface area contributed by atoms with Gasteiger partial charge in [-0.05, 0) is 37.5 Å². The molecule has 0 bridgehead atoms. The van der Waals surface area contributed by atoms with E-state index >= 15 is 0 Å². The van der Waals surface area contributed by atoms with Crippen LogP contribution in [0.25, 0.3) is 0 Å². The van der Waals surface area contributed by atoms with Gasteiger partial charge in [0.2, 0.25) is 0 Å². The van der Waals surface area contributed by atoms with Gasteiger partial charge < -0.3 is 14.8 Å². The summed E-state index contributed by atoms with van der Waals surface area (Å²) in [6.07, 6.45) is 9.08. The summed E-state index contributed by atoms with van der Waals surface area (Å²) in [5.74, 6) is 3.22. The van der Waals surface area contributed by atoms with E-state index in [2.05, 4.69) is 30.0 Å². The summed E-state index contributed by atoms with van der Waals surface area (Å²) in [6.45, 7) is 4.09. The highest BCUT2D eigenvalue weighted by Crippen LogP contribution is 2.47. The first kappa shape index (κ1) is 14.0. The van der Waals surface area contributed by atoms with Gasteiger partial charge in [0.15, 0.2) is 11.8 Å². The molecule has 1 saturated heterocycles. The first-order chi connectivity index (χ1) is 10.8. The Labute approximate surface area is 132 Å². The fourth-order valence-electron chi connectivity index (χ4n) is 4.19. The van der Waals surface area contributed by atoms with Gasteiger partial charge in [-0.1, -0.05) is 6.42 Å². The predicted octanol–water partition coefficient (Wildman–Crippen LogP) is 1.57. The first-order valence-corrected chi connectivity index (χ1v) is 8.66. The molecule has 3 heterocycles. The molecule has 1 aromatic rings. The Morgan fingerprint density at radius 3 is 2.82 bits per heavy atom. The quantitative estimate of drug-likeness (QED) is 0.665. The van der Waals surface area contributed by atoms with Crippen molar-refractivity contribution in [2.45, 2.75) is 58.0 Å². The molecule has 6 heteroatoms. The first-order valence-electron chi connectivity index (χ1n) is 8.66. The number of hydrogen-bond acceptors (Lipinski definition) is 3. The molecule has 1 N–H and O–H groups in total. The molecule has 1 spiro atoms. The zero-order valence-electron chi connectivity index (χ0n) is 13.5. The van der Waals surface area contributed by atoms with Crippen LogP contribution in [-0.2, 0) is 19.5 Å². The van der Waals surface area contributed by atoms with Crippen molar-refractivity contribution in [2.24, 2.45) is 10.4 Å². The molecular weight excluding hydrogens is 276 g/mol. The van der Waals surface area contributed by atoms with Gasteiger partial charge in [-0.25, -0.2) is 0 Å². The Morgan fingerprint density at radius 1 is 1.18 bits per heavy atom. The van der Waals surface area contributed by atoms with Gasteiger partial charge in [0.05, 0.1) is 6.54 Å². The lowest BCUT2D eigenvalue weighted by atomic mass is 9.68. The maximum Gasteiger partial charge on any atom is 0.194 e. The normalized spacial score (nSPS) is 23.5. The highest BCUT2D eigenvalue weighted by molar-refractivity contribution is 5.80. The van der Waals surface area contributed by atoms with Crippen LogP contribution in [0.2, 0.25) is 0 Å². The molecular formula is C16H26N6. The summed E-state index contributed by atoms with van der Waals surface area (Å²) in [4.78, 5) is 6.90. The summed E-state index contributed by atoms with van der Waals surface area (Å²) in [5.41, 5.74) is 0.603. The second kappa shape index (κ2) is 5.56. The van der Waals surface area contributed by atoms with E-state index in [4.69, 9.17) is 0 Å². The SMILES string of the molecule is CN=C(NCc1nnc2n1CCCC2)N1CCC2(CCC2)C1. The van der Waals surface area contributed by atoms with Crippen LogP contribution in [0.3, 0.4) is 0 Å². The number of hydrogen-bond donors (Lipinski definition) is 1. The Morgan fingerprint density at radius 2 is 2.09 bits per heavy atom. The van der Waals surface area contributed by atoms with E-state index < -0.39 is 0 Å². The minimum absolute atomic E-state index is 0.603. The van der Waals surface area contributed by atoms with Crippen LogP contribution < -0.4 is 5.32 Å². The fraction of sp³-hybridized carbons (Fsp3) is 0.812. The molecule has 2 aliphatic heterocycles. The Kier molecular flexibility index (Phi) is 3.54. The maximum absolute atomic E-state index is 4.48. The van der Waals surface area contributed by atoms with Crippen molar-refractivity contribution in [3.8, 4) is 0 Å². The van der Waals surface area contributed by atoms with Crippen molar-refractivity contribution in [1.29, 1.82) is 0 Å². The molecule has 0 unspecified atom stereocenters. The third-order valence-corrected chi connectivity index (χ3v) is 5.70. The number of aryl methyl sites for hydroxylation is 1. The van der Waals surface area contributed by atoms with E-state index in [0.717, 1.165) is 43.7 Å². The number of rotatable bonds is 2. The number of aliphatic imine (C=N–C) groups is 1. The molecule has 3 aliphatic rings. The monoisotopic (exact) mass is 302 g/mol. The van der Waals surface area contributed by atoms with Gasteiger partial charge in [0.25, 0.3) is 0 Å². The topological polar surface area (TPSA) is 58.3 Å². The highest BCUT2D eigenvalue weighted by atomic mass is 15.3. The maximum atomic E-state index is 4.48.